The summed E-state index contributed by atoms with van der Waals surface area (Å²) >= 11 is 2.17. The van der Waals surface area contributed by atoms with Gasteiger partial charge in [-0.2, -0.15) is 0 Å². The van der Waals surface area contributed by atoms with Gasteiger partial charge in [0.05, 0.1) is 16.1 Å². The van der Waals surface area contributed by atoms with E-state index in [2.05, 4.69) is 47.0 Å². The Morgan fingerprint density at radius 3 is 0.766 bits per heavy atom. The molecule has 0 spiro atoms. The molecule has 6 aliphatic rings. The number of hydrogen-bond acceptors (Lipinski definition) is 1. The normalized spacial score (nSPS) is 26.9. The SMILES string of the molecule is C(=C[Si](C1CCCCC1)(C1CCCCC1)C1CCCCC1)c1ccc(C=C[Si](C2CCCCC2)(C2CCCCC2)C2CCCCC2)s1. The van der Waals surface area contributed by atoms with Crippen LogP contribution in [0.25, 0.3) is 12.2 Å². The molecule has 0 bridgehead atoms. The summed E-state index contributed by atoms with van der Waals surface area (Å²) in [6.07, 6.45) is 51.7. The third kappa shape index (κ3) is 7.93. The Morgan fingerprint density at radius 2 is 0.553 bits per heavy atom. The molecule has 0 amide bonds. The van der Waals surface area contributed by atoms with Crippen LogP contribution in [-0.2, 0) is 0 Å². The zero-order valence-electron chi connectivity index (χ0n) is 30.5. The summed E-state index contributed by atoms with van der Waals surface area (Å²) in [6, 6.07) is 5.10. The van der Waals surface area contributed by atoms with E-state index in [4.69, 9.17) is 0 Å². The van der Waals surface area contributed by atoms with Crippen molar-refractivity contribution in [3.63, 3.8) is 0 Å². The molecule has 1 aromatic rings. The second-order valence-electron chi connectivity index (χ2n) is 17.9. The molecular formula is C44H72SSi2. The molecule has 7 rings (SSSR count). The van der Waals surface area contributed by atoms with Crippen LogP contribution in [-0.4, -0.2) is 16.1 Å². The molecule has 6 saturated carbocycles. The topological polar surface area (TPSA) is 0 Å². The maximum absolute atomic E-state index is 3.07. The maximum atomic E-state index is 3.07. The summed E-state index contributed by atoms with van der Waals surface area (Å²) in [6.45, 7) is 0. The van der Waals surface area contributed by atoms with Gasteiger partial charge in [0.15, 0.2) is 0 Å². The highest BCUT2D eigenvalue weighted by atomic mass is 32.1. The Morgan fingerprint density at radius 1 is 0.340 bits per heavy atom. The molecule has 1 heterocycles. The van der Waals surface area contributed by atoms with Crippen LogP contribution in [0.5, 0.6) is 0 Å². The zero-order chi connectivity index (χ0) is 31.8. The third-order valence-corrected chi connectivity index (χ3v) is 30.0. The largest absolute Gasteiger partial charge is 0.137 e. The monoisotopic (exact) mass is 688 g/mol. The molecule has 0 unspecified atom stereocenters. The molecule has 6 aliphatic carbocycles. The van der Waals surface area contributed by atoms with Crippen molar-refractivity contribution in [2.24, 2.45) is 0 Å². The Labute approximate surface area is 297 Å². The molecule has 0 atom stereocenters. The minimum Gasteiger partial charge on any atom is -0.137 e. The Hall–Kier alpha value is -0.386. The van der Waals surface area contributed by atoms with Gasteiger partial charge in [0.2, 0.25) is 0 Å². The van der Waals surface area contributed by atoms with Crippen LogP contribution in [0.3, 0.4) is 0 Å². The average Bonchev–Trinajstić information content (AvgIpc) is 3.63. The van der Waals surface area contributed by atoms with E-state index in [-0.39, 0.29) is 0 Å². The Balaban J connectivity index is 1.19. The number of hydrogen-bond donors (Lipinski definition) is 0. The van der Waals surface area contributed by atoms with Crippen molar-refractivity contribution in [1.29, 1.82) is 0 Å². The van der Waals surface area contributed by atoms with E-state index in [1.807, 2.05) is 0 Å². The van der Waals surface area contributed by atoms with Gasteiger partial charge in [0.1, 0.15) is 0 Å². The second-order valence-corrected chi connectivity index (χ2v) is 28.6. The van der Waals surface area contributed by atoms with Crippen LogP contribution < -0.4 is 0 Å². The fraction of sp³-hybridized carbons (Fsp3) is 0.818. The van der Waals surface area contributed by atoms with E-state index in [0.717, 1.165) is 33.2 Å². The second kappa shape index (κ2) is 17.2. The van der Waals surface area contributed by atoms with E-state index in [1.165, 1.54) is 116 Å². The first-order chi connectivity index (χ1) is 23.3. The van der Waals surface area contributed by atoms with Gasteiger partial charge in [-0.25, -0.2) is 0 Å². The van der Waals surface area contributed by atoms with Crippen molar-refractivity contribution >= 4 is 39.6 Å². The fourth-order valence-electron chi connectivity index (χ4n) is 13.4. The highest BCUT2D eigenvalue weighted by Crippen LogP contribution is 2.59. The lowest BCUT2D eigenvalue weighted by atomic mass is 9.98. The summed E-state index contributed by atoms with van der Waals surface area (Å²) in [5.74, 6) is 0. The van der Waals surface area contributed by atoms with E-state index < -0.39 is 16.1 Å². The smallest absolute Gasteiger partial charge is 0.0870 e. The summed E-state index contributed by atoms with van der Waals surface area (Å²) in [4.78, 5) is 3.17. The molecule has 6 fully saturated rings. The van der Waals surface area contributed by atoms with Gasteiger partial charge in [-0.1, -0.05) is 216 Å². The van der Waals surface area contributed by atoms with Crippen LogP contribution in [0.15, 0.2) is 23.5 Å². The van der Waals surface area contributed by atoms with Crippen molar-refractivity contribution in [2.45, 2.75) is 226 Å². The predicted molar refractivity (Wildman–Crippen MR) is 215 cm³/mol. The first kappa shape index (κ1) is 35.0. The lowest BCUT2D eigenvalue weighted by Gasteiger charge is -2.52. The van der Waals surface area contributed by atoms with Gasteiger partial charge in [-0.05, 0) is 45.4 Å². The average molecular weight is 689 g/mol. The summed E-state index contributed by atoms with van der Waals surface area (Å²) in [7, 11) is -3.14. The Kier molecular flexibility index (Phi) is 12.8. The van der Waals surface area contributed by atoms with Crippen molar-refractivity contribution in [3.8, 4) is 0 Å². The quantitative estimate of drug-likeness (QED) is 0.215. The van der Waals surface area contributed by atoms with E-state index in [1.54, 1.807) is 86.8 Å². The molecule has 0 N–H and O–H groups in total. The van der Waals surface area contributed by atoms with Crippen molar-refractivity contribution in [1.82, 2.24) is 0 Å². The minimum absolute atomic E-state index is 1.08. The number of thiophene rings is 1. The lowest BCUT2D eigenvalue weighted by molar-refractivity contribution is 0.420. The Bertz CT molecular complexity index is 934. The van der Waals surface area contributed by atoms with Crippen molar-refractivity contribution in [3.05, 3.63) is 33.3 Å². The zero-order valence-corrected chi connectivity index (χ0v) is 33.4. The minimum atomic E-state index is -1.57. The van der Waals surface area contributed by atoms with Gasteiger partial charge >= 0.3 is 0 Å². The van der Waals surface area contributed by atoms with Crippen molar-refractivity contribution < 1.29 is 0 Å². The molecule has 262 valence electrons. The molecule has 0 radical (unpaired) electrons. The van der Waals surface area contributed by atoms with E-state index in [0.29, 0.717) is 0 Å². The lowest BCUT2D eigenvalue weighted by Crippen LogP contribution is -2.49. The van der Waals surface area contributed by atoms with Gasteiger partial charge < -0.3 is 0 Å². The first-order valence-corrected chi connectivity index (χ1v) is 27.2. The molecule has 3 heteroatoms. The van der Waals surface area contributed by atoms with E-state index in [9.17, 15) is 0 Å². The van der Waals surface area contributed by atoms with Crippen molar-refractivity contribution in [2.75, 3.05) is 0 Å². The van der Waals surface area contributed by atoms with E-state index >= 15 is 0 Å². The number of rotatable bonds is 10. The molecule has 47 heavy (non-hydrogen) atoms. The fourth-order valence-corrected chi connectivity index (χ4v) is 29.5. The molecule has 0 aromatic carbocycles. The first-order valence-electron chi connectivity index (χ1n) is 21.8. The summed E-state index contributed by atoms with van der Waals surface area (Å²) < 4.78 is 0. The summed E-state index contributed by atoms with van der Waals surface area (Å²) in [5, 5.41) is 0. The highest BCUT2D eigenvalue weighted by molar-refractivity contribution is 7.14. The van der Waals surface area contributed by atoms with Crippen LogP contribution >= 0.6 is 11.3 Å². The van der Waals surface area contributed by atoms with Gasteiger partial charge in [0.25, 0.3) is 0 Å². The molecule has 0 saturated heterocycles. The predicted octanol–water partition coefficient (Wildman–Crippen LogP) is 15.8. The molecular weight excluding hydrogens is 617 g/mol. The highest BCUT2D eigenvalue weighted by Gasteiger charge is 2.52. The van der Waals surface area contributed by atoms with Crippen LogP contribution in [0.4, 0.5) is 0 Å². The molecule has 1 aromatic heterocycles. The van der Waals surface area contributed by atoms with Gasteiger partial charge in [-0.15, -0.1) is 11.3 Å². The maximum Gasteiger partial charge on any atom is 0.0870 e. The third-order valence-electron chi connectivity index (χ3n) is 15.6. The van der Waals surface area contributed by atoms with Crippen LogP contribution in [0.2, 0.25) is 33.2 Å². The van der Waals surface area contributed by atoms with Gasteiger partial charge in [-0.3, -0.25) is 0 Å². The standard InChI is InChI=1S/C44H72SSi2/c1-7-19-39(20-8-1)46(40-21-9-2-10-22-40,41-23-11-3-12-24-41)35-33-37-31-32-38(45-37)34-36-47(42-25-13-4-14-26-42,43-27-15-5-16-28-43)44-29-17-6-18-30-44/h31-36,39-44H,1-30H2. The van der Waals surface area contributed by atoms with Crippen LogP contribution in [0.1, 0.15) is 202 Å². The van der Waals surface area contributed by atoms with Gasteiger partial charge in [0, 0.05) is 9.75 Å². The van der Waals surface area contributed by atoms with Crippen LogP contribution in [0, 0.1) is 0 Å². The summed E-state index contributed by atoms with van der Waals surface area (Å²) in [5.41, 5.74) is 12.6. The molecule has 0 nitrogen and oxygen atoms in total. The molecule has 0 aliphatic heterocycles.